The average molecular weight is 344 g/mol. The molecule has 0 bridgehead atoms. The summed E-state index contributed by atoms with van der Waals surface area (Å²) >= 11 is 0. The third-order valence-corrected chi connectivity index (χ3v) is 4.58. The molecule has 0 N–H and O–H groups in total. The number of aromatic nitrogens is 3. The first kappa shape index (κ1) is 17.4. The lowest BCUT2D eigenvalue weighted by Crippen LogP contribution is -2.36. The average Bonchev–Trinajstić information content (AvgIpc) is 3.01. The second-order valence-corrected chi connectivity index (χ2v) is 6.33. The molecule has 0 unspecified atom stereocenters. The molecule has 1 amide bonds. The van der Waals surface area contributed by atoms with Gasteiger partial charge in [0.25, 0.3) is 5.91 Å². The van der Waals surface area contributed by atoms with Crippen molar-refractivity contribution in [2.45, 2.75) is 45.6 Å². The summed E-state index contributed by atoms with van der Waals surface area (Å²) in [6, 6.07) is 5.13. The zero-order valence-corrected chi connectivity index (χ0v) is 14.6. The molecule has 2 heterocycles. The molecule has 7 heteroatoms. The van der Waals surface area contributed by atoms with Crippen LogP contribution in [0.5, 0.6) is 0 Å². The molecule has 1 aliphatic rings. The van der Waals surface area contributed by atoms with Crippen LogP contribution in [0, 0.1) is 0 Å². The minimum absolute atomic E-state index is 0.117. The molecular weight excluding hydrogens is 320 g/mol. The Morgan fingerprint density at radius 2 is 1.84 bits per heavy atom. The van der Waals surface area contributed by atoms with Crippen molar-refractivity contribution in [3.8, 4) is 0 Å². The molecule has 2 aromatic rings. The lowest BCUT2D eigenvalue weighted by atomic mass is 10.1. The van der Waals surface area contributed by atoms with Crippen LogP contribution in [0.2, 0.25) is 0 Å². The number of fused-ring (bicyclic) bond motifs is 1. The first-order chi connectivity index (χ1) is 12.2. The molecule has 0 spiro atoms. The van der Waals surface area contributed by atoms with Crippen LogP contribution in [-0.2, 0) is 16.1 Å². The zero-order chi connectivity index (χ0) is 17.6. The topological polar surface area (TPSA) is 77.3 Å². The predicted octanol–water partition coefficient (Wildman–Crippen LogP) is 2.40. The molecular formula is C18H24N4O3. The fourth-order valence-electron chi connectivity index (χ4n) is 3.13. The summed E-state index contributed by atoms with van der Waals surface area (Å²) in [6.07, 6.45) is 5.58. The number of nitrogens with zero attached hydrogens (tertiary/aromatic N) is 4. The van der Waals surface area contributed by atoms with Gasteiger partial charge in [-0.15, -0.1) is 5.10 Å². The summed E-state index contributed by atoms with van der Waals surface area (Å²) in [6.45, 7) is 3.99. The van der Waals surface area contributed by atoms with E-state index in [-0.39, 0.29) is 12.5 Å². The van der Waals surface area contributed by atoms with Crippen molar-refractivity contribution in [2.24, 2.45) is 0 Å². The van der Waals surface area contributed by atoms with Gasteiger partial charge in [0, 0.05) is 19.6 Å². The van der Waals surface area contributed by atoms with Crippen LogP contribution in [-0.4, -0.2) is 51.5 Å². The van der Waals surface area contributed by atoms with Gasteiger partial charge in [0.2, 0.25) is 0 Å². The third kappa shape index (κ3) is 4.15. The van der Waals surface area contributed by atoms with E-state index in [1.165, 1.54) is 6.42 Å². The third-order valence-electron chi connectivity index (χ3n) is 4.58. The molecule has 0 saturated carbocycles. The summed E-state index contributed by atoms with van der Waals surface area (Å²) < 4.78 is 6.97. The molecule has 1 aromatic carbocycles. The molecule has 7 nitrogen and oxygen atoms in total. The minimum atomic E-state index is -0.506. The number of aryl methyl sites for hydroxylation is 1. The highest BCUT2D eigenvalue weighted by molar-refractivity contribution is 5.94. The predicted molar refractivity (Wildman–Crippen MR) is 93.1 cm³/mol. The van der Waals surface area contributed by atoms with Gasteiger partial charge in [-0.25, -0.2) is 9.48 Å². The number of amides is 1. The largest absolute Gasteiger partial charge is 0.452 e. The molecule has 1 aromatic heterocycles. The first-order valence-corrected chi connectivity index (χ1v) is 8.97. The molecule has 3 rings (SSSR count). The number of likely N-dealkylation sites (tertiary alicyclic amines) is 1. The zero-order valence-electron chi connectivity index (χ0n) is 14.6. The van der Waals surface area contributed by atoms with Crippen molar-refractivity contribution in [2.75, 3.05) is 19.7 Å². The van der Waals surface area contributed by atoms with Gasteiger partial charge >= 0.3 is 5.97 Å². The summed E-state index contributed by atoms with van der Waals surface area (Å²) in [5, 5.41) is 8.07. The maximum absolute atomic E-state index is 12.3. The van der Waals surface area contributed by atoms with Crippen molar-refractivity contribution >= 4 is 22.9 Å². The summed E-state index contributed by atoms with van der Waals surface area (Å²) in [5.41, 5.74) is 1.90. The molecule has 1 aliphatic heterocycles. The molecule has 1 fully saturated rings. The molecule has 25 heavy (non-hydrogen) atoms. The molecule has 1 saturated heterocycles. The van der Waals surface area contributed by atoms with Gasteiger partial charge in [-0.05, 0) is 38.0 Å². The Kier molecular flexibility index (Phi) is 5.63. The van der Waals surface area contributed by atoms with Crippen molar-refractivity contribution < 1.29 is 14.3 Å². The van der Waals surface area contributed by atoms with E-state index in [0.717, 1.165) is 44.3 Å². The van der Waals surface area contributed by atoms with Crippen molar-refractivity contribution in [1.82, 2.24) is 19.9 Å². The second-order valence-electron chi connectivity index (χ2n) is 6.33. The lowest BCUT2D eigenvalue weighted by Gasteiger charge is -2.24. The van der Waals surface area contributed by atoms with Gasteiger partial charge in [-0.2, -0.15) is 0 Å². The number of esters is 1. The summed E-state index contributed by atoms with van der Waals surface area (Å²) in [5.74, 6) is -0.624. The second kappa shape index (κ2) is 8.09. The number of rotatable bonds is 4. The Hall–Kier alpha value is -2.44. The van der Waals surface area contributed by atoms with Gasteiger partial charge in [0.05, 0.1) is 11.1 Å². The maximum Gasteiger partial charge on any atom is 0.338 e. The van der Waals surface area contributed by atoms with Gasteiger partial charge in [0.15, 0.2) is 6.61 Å². The Bertz CT molecular complexity index is 748. The van der Waals surface area contributed by atoms with Crippen LogP contribution in [0.25, 0.3) is 11.0 Å². The van der Waals surface area contributed by atoms with E-state index in [1.807, 2.05) is 11.8 Å². The number of hydrogen-bond acceptors (Lipinski definition) is 5. The van der Waals surface area contributed by atoms with Gasteiger partial charge in [-0.3, -0.25) is 4.79 Å². The Balaban J connectivity index is 1.59. The van der Waals surface area contributed by atoms with Crippen LogP contribution in [0.4, 0.5) is 0 Å². The number of hydrogen-bond donors (Lipinski definition) is 0. The van der Waals surface area contributed by atoms with E-state index in [0.29, 0.717) is 17.6 Å². The van der Waals surface area contributed by atoms with Crippen molar-refractivity contribution in [3.05, 3.63) is 23.8 Å². The van der Waals surface area contributed by atoms with Crippen molar-refractivity contribution in [3.63, 3.8) is 0 Å². The number of ether oxygens (including phenoxy) is 1. The Labute approximate surface area is 146 Å². The SMILES string of the molecule is CCn1nnc2cc(C(=O)OCC(=O)N3CCCCCCC3)ccc21. The molecule has 0 aliphatic carbocycles. The van der Waals surface area contributed by atoms with Crippen LogP contribution in [0.3, 0.4) is 0 Å². The monoisotopic (exact) mass is 344 g/mol. The highest BCUT2D eigenvalue weighted by Gasteiger charge is 2.18. The van der Waals surface area contributed by atoms with E-state index in [9.17, 15) is 9.59 Å². The number of carbonyl (C=O) groups excluding carboxylic acids is 2. The van der Waals surface area contributed by atoms with E-state index >= 15 is 0 Å². The minimum Gasteiger partial charge on any atom is -0.452 e. The van der Waals surface area contributed by atoms with Crippen LogP contribution < -0.4 is 0 Å². The fraction of sp³-hybridized carbons (Fsp3) is 0.556. The highest BCUT2D eigenvalue weighted by atomic mass is 16.5. The summed E-state index contributed by atoms with van der Waals surface area (Å²) in [4.78, 5) is 26.3. The Morgan fingerprint density at radius 3 is 2.56 bits per heavy atom. The van der Waals surface area contributed by atoms with E-state index in [1.54, 1.807) is 22.9 Å². The van der Waals surface area contributed by atoms with Crippen LogP contribution in [0.15, 0.2) is 18.2 Å². The molecule has 0 radical (unpaired) electrons. The number of carbonyl (C=O) groups is 2. The fourth-order valence-corrected chi connectivity index (χ4v) is 3.13. The summed E-state index contributed by atoms with van der Waals surface area (Å²) in [7, 11) is 0. The van der Waals surface area contributed by atoms with Crippen molar-refractivity contribution in [1.29, 1.82) is 0 Å². The van der Waals surface area contributed by atoms with Crippen LogP contribution in [0.1, 0.15) is 49.4 Å². The van der Waals surface area contributed by atoms with E-state index < -0.39 is 5.97 Å². The first-order valence-electron chi connectivity index (χ1n) is 8.97. The van der Waals surface area contributed by atoms with E-state index in [2.05, 4.69) is 10.3 Å². The normalized spacial score (nSPS) is 15.6. The van der Waals surface area contributed by atoms with Gasteiger partial charge < -0.3 is 9.64 Å². The van der Waals surface area contributed by atoms with Gasteiger partial charge in [-0.1, -0.05) is 24.5 Å². The number of benzene rings is 1. The molecule has 134 valence electrons. The lowest BCUT2D eigenvalue weighted by molar-refractivity contribution is -0.134. The van der Waals surface area contributed by atoms with E-state index in [4.69, 9.17) is 4.74 Å². The maximum atomic E-state index is 12.3. The Morgan fingerprint density at radius 1 is 1.12 bits per heavy atom. The highest BCUT2D eigenvalue weighted by Crippen LogP contribution is 2.15. The van der Waals surface area contributed by atoms with Crippen LogP contribution >= 0.6 is 0 Å². The quantitative estimate of drug-likeness (QED) is 0.796. The smallest absolute Gasteiger partial charge is 0.338 e. The standard InChI is InChI=1S/C18H24N4O3/c1-2-22-16-9-8-14(12-15(16)19-20-22)18(24)25-13-17(23)21-10-6-4-3-5-7-11-21/h8-9,12H,2-7,10-11,13H2,1H3. The molecule has 0 atom stereocenters. The van der Waals surface area contributed by atoms with Gasteiger partial charge in [0.1, 0.15) is 5.52 Å².